The minimum Gasteiger partial charge on any atom is -0.340 e. The molecule has 2 saturated heterocycles. The molecule has 264 valence electrons. The van der Waals surface area contributed by atoms with E-state index in [4.69, 9.17) is 0 Å². The first-order chi connectivity index (χ1) is 24.2. The molecule has 1 aromatic carbocycles. The van der Waals surface area contributed by atoms with Gasteiger partial charge in [-0.3, -0.25) is 29.6 Å². The number of halogens is 1. The van der Waals surface area contributed by atoms with Crippen LogP contribution in [0.1, 0.15) is 42.7 Å². The van der Waals surface area contributed by atoms with Gasteiger partial charge in [-0.2, -0.15) is 0 Å². The topological polar surface area (TPSA) is 154 Å². The Morgan fingerprint density at radius 2 is 1.80 bits per heavy atom. The fraction of sp³-hybridized carbons (Fsp3) is 0.441. The Morgan fingerprint density at radius 1 is 1.00 bits per heavy atom. The molecule has 3 aliphatic rings. The highest BCUT2D eigenvalue weighted by Crippen LogP contribution is 2.47. The van der Waals surface area contributed by atoms with E-state index >= 15 is 0 Å². The van der Waals surface area contributed by atoms with Gasteiger partial charge in [-0.25, -0.2) is 14.2 Å². The first kappa shape index (κ1) is 35.5. The molecule has 1 saturated carbocycles. The van der Waals surface area contributed by atoms with Crippen molar-refractivity contribution in [1.29, 1.82) is 0 Å². The number of hydrogen-bond donors (Lipinski definition) is 2. The fourth-order valence-electron chi connectivity index (χ4n) is 6.42. The van der Waals surface area contributed by atoms with E-state index in [-0.39, 0.29) is 41.9 Å². The van der Waals surface area contributed by atoms with E-state index < -0.39 is 10.7 Å². The molecule has 3 aromatic rings. The van der Waals surface area contributed by atoms with Crippen molar-refractivity contribution in [2.45, 2.75) is 49.2 Å². The number of piperidine rings is 1. The molecule has 50 heavy (non-hydrogen) atoms. The third kappa shape index (κ3) is 9.28. The largest absolute Gasteiger partial charge is 0.340 e. The summed E-state index contributed by atoms with van der Waals surface area (Å²) in [6.45, 7) is 4.16. The Labute approximate surface area is 297 Å². The number of urea groups is 1. The molecular formula is C34H39FN8O5S2. The number of carbonyl (C=O) groups is 3. The van der Waals surface area contributed by atoms with Gasteiger partial charge in [0.15, 0.2) is 0 Å². The van der Waals surface area contributed by atoms with Crippen LogP contribution in [0.3, 0.4) is 0 Å². The lowest BCUT2D eigenvalue weighted by Gasteiger charge is -2.42. The number of benzene rings is 1. The number of anilines is 1. The monoisotopic (exact) mass is 722 g/mol. The molecule has 4 amide bonds. The maximum atomic E-state index is 14.9. The average molecular weight is 723 g/mol. The smallest absolute Gasteiger partial charge is 0.317 e. The summed E-state index contributed by atoms with van der Waals surface area (Å²) in [5, 5.41) is 17.1. The van der Waals surface area contributed by atoms with Crippen molar-refractivity contribution < 1.29 is 23.7 Å². The van der Waals surface area contributed by atoms with E-state index in [0.29, 0.717) is 60.7 Å². The summed E-state index contributed by atoms with van der Waals surface area (Å²) in [5.41, 5.74) is 1.71. The Morgan fingerprint density at radius 3 is 2.48 bits per heavy atom. The van der Waals surface area contributed by atoms with Crippen molar-refractivity contribution in [2.24, 2.45) is 5.92 Å². The van der Waals surface area contributed by atoms with E-state index in [9.17, 15) is 28.9 Å². The molecule has 3 fully saturated rings. The number of rotatable bonds is 12. The minimum absolute atomic E-state index is 0.0473. The quantitative estimate of drug-likeness (QED) is 0.114. The van der Waals surface area contributed by atoms with E-state index in [0.717, 1.165) is 37.9 Å². The zero-order valence-electron chi connectivity index (χ0n) is 27.4. The van der Waals surface area contributed by atoms with Gasteiger partial charge in [0.25, 0.3) is 5.69 Å². The maximum Gasteiger partial charge on any atom is 0.317 e. The van der Waals surface area contributed by atoms with E-state index in [1.165, 1.54) is 39.9 Å². The summed E-state index contributed by atoms with van der Waals surface area (Å²) < 4.78 is 14.9. The summed E-state index contributed by atoms with van der Waals surface area (Å²) >= 11 is 0. The van der Waals surface area contributed by atoms with E-state index in [1.54, 1.807) is 35.5 Å². The molecule has 13 nitrogen and oxygen atoms in total. The van der Waals surface area contributed by atoms with Gasteiger partial charge in [0.05, 0.1) is 4.92 Å². The highest BCUT2D eigenvalue weighted by molar-refractivity contribution is 8.76. The molecule has 0 unspecified atom stereocenters. The summed E-state index contributed by atoms with van der Waals surface area (Å²) in [7, 11) is 2.90. The molecule has 0 spiro atoms. The Hall–Kier alpha value is -4.28. The second-order valence-electron chi connectivity index (χ2n) is 12.6. The molecule has 6 rings (SSSR count). The Balaban J connectivity index is 0.851. The average Bonchev–Trinajstić information content (AvgIpc) is 3.95. The first-order valence-corrected chi connectivity index (χ1v) is 19.0. The van der Waals surface area contributed by atoms with Crippen molar-refractivity contribution in [3.63, 3.8) is 0 Å². The molecule has 1 aliphatic carbocycles. The van der Waals surface area contributed by atoms with Crippen molar-refractivity contribution in [1.82, 2.24) is 30.0 Å². The van der Waals surface area contributed by atoms with Crippen LogP contribution < -0.4 is 10.6 Å². The summed E-state index contributed by atoms with van der Waals surface area (Å²) in [5.74, 6) is 0.0916. The molecule has 0 bridgehead atoms. The van der Waals surface area contributed by atoms with Gasteiger partial charge >= 0.3 is 6.03 Å². The zero-order chi connectivity index (χ0) is 35.0. The van der Waals surface area contributed by atoms with Crippen LogP contribution in [0.5, 0.6) is 0 Å². The number of hydrogen-bond acceptors (Lipinski definition) is 10. The van der Waals surface area contributed by atoms with Gasteiger partial charge in [0, 0.05) is 99.7 Å². The van der Waals surface area contributed by atoms with Gasteiger partial charge in [-0.15, -0.1) is 0 Å². The number of pyridine rings is 2. The van der Waals surface area contributed by atoms with Crippen LogP contribution in [0.4, 0.5) is 20.6 Å². The SMILES string of the molecule is O=C(Nc1ccc(CNC(=O)N2CCC(N3CCN(C(=O)CCSSc4ccc([N+](=O)[O-])cn4)CC3)CC2)c(F)c1)[C@H]1C[C@@H]1c1cccnc1. The number of carbonyl (C=O) groups excluding carboxylic acids is 3. The molecular weight excluding hydrogens is 684 g/mol. The van der Waals surface area contributed by atoms with E-state index in [1.807, 2.05) is 17.0 Å². The number of aromatic nitrogens is 2. The lowest BCUT2D eigenvalue weighted by molar-refractivity contribution is -0.385. The molecule has 2 N–H and O–H groups in total. The number of nitrogens with one attached hydrogen (secondary N) is 2. The zero-order valence-corrected chi connectivity index (χ0v) is 29.0. The normalized spacial score (nSPS) is 19.5. The second kappa shape index (κ2) is 16.6. The van der Waals surface area contributed by atoms with Crippen LogP contribution in [0.25, 0.3) is 0 Å². The number of nitro groups is 1. The Kier molecular flexibility index (Phi) is 11.8. The minimum atomic E-state index is -0.490. The van der Waals surface area contributed by atoms with Crippen LogP contribution in [0.15, 0.2) is 66.1 Å². The van der Waals surface area contributed by atoms with Gasteiger partial charge in [-0.05, 0) is 65.8 Å². The van der Waals surface area contributed by atoms with Crippen LogP contribution in [-0.4, -0.2) is 98.5 Å². The lowest BCUT2D eigenvalue weighted by atomic mass is 10.0. The molecule has 4 heterocycles. The van der Waals surface area contributed by atoms with Crippen molar-refractivity contribution >= 4 is 50.8 Å². The fourth-order valence-corrected chi connectivity index (χ4v) is 8.26. The molecule has 2 aromatic heterocycles. The first-order valence-electron chi connectivity index (χ1n) is 16.7. The number of nitrogens with zero attached hydrogens (tertiary/aromatic N) is 6. The molecule has 2 atom stereocenters. The number of likely N-dealkylation sites (tertiary alicyclic amines) is 1. The number of piperazine rings is 1. The van der Waals surface area contributed by atoms with Crippen LogP contribution >= 0.6 is 21.6 Å². The van der Waals surface area contributed by atoms with Crippen molar-refractivity contribution in [2.75, 3.05) is 50.3 Å². The summed E-state index contributed by atoms with van der Waals surface area (Å²) in [4.78, 5) is 62.8. The van der Waals surface area contributed by atoms with Gasteiger partial charge in [0.2, 0.25) is 11.8 Å². The predicted molar refractivity (Wildman–Crippen MR) is 189 cm³/mol. The van der Waals surface area contributed by atoms with Crippen LogP contribution in [0.2, 0.25) is 0 Å². The summed E-state index contributed by atoms with van der Waals surface area (Å²) in [6.07, 6.45) is 7.52. The second-order valence-corrected chi connectivity index (χ2v) is 15.0. The molecule has 0 radical (unpaired) electrons. The van der Waals surface area contributed by atoms with Crippen molar-refractivity contribution in [3.8, 4) is 0 Å². The highest BCUT2D eigenvalue weighted by Gasteiger charge is 2.44. The van der Waals surface area contributed by atoms with Crippen molar-refractivity contribution in [3.05, 3.63) is 88.1 Å². The predicted octanol–water partition coefficient (Wildman–Crippen LogP) is 4.91. The highest BCUT2D eigenvalue weighted by atomic mass is 33.1. The van der Waals surface area contributed by atoms with Gasteiger partial charge in [0.1, 0.15) is 17.0 Å². The third-order valence-corrected chi connectivity index (χ3v) is 11.7. The van der Waals surface area contributed by atoms with Crippen LogP contribution in [0, 0.1) is 21.8 Å². The maximum absolute atomic E-state index is 14.9. The third-order valence-electron chi connectivity index (χ3n) is 9.40. The lowest BCUT2D eigenvalue weighted by Crippen LogP contribution is -2.55. The van der Waals surface area contributed by atoms with Gasteiger partial charge in [-0.1, -0.05) is 22.9 Å². The molecule has 2 aliphatic heterocycles. The molecule has 16 heteroatoms. The Bertz CT molecular complexity index is 1670. The number of amides is 4. The standard InChI is InChI=1S/C34H39FN8O5S2/c35-30-18-25(39-33(45)29-19-28(29)23-2-1-10-36-20-23)4-3-24(30)21-38-34(46)42-11-7-26(8-12-42)40-13-15-41(16-14-40)32(44)9-17-49-50-31-6-5-27(22-37-31)43(47)48/h1-6,10,18,20,22,26,28-29H,7-9,11-17,19,21H2,(H,38,46)(H,39,45)/t28-,29+/m1/s1. The summed E-state index contributed by atoms with van der Waals surface area (Å²) in [6, 6.07) is 11.5. The van der Waals surface area contributed by atoms with E-state index in [2.05, 4.69) is 25.5 Å². The van der Waals surface area contributed by atoms with Crippen LogP contribution in [-0.2, 0) is 16.1 Å². The van der Waals surface area contributed by atoms with Gasteiger partial charge < -0.3 is 20.4 Å².